The highest BCUT2D eigenvalue weighted by Crippen LogP contribution is 2.32. The summed E-state index contributed by atoms with van der Waals surface area (Å²) >= 11 is 6.01. The first-order valence-electron chi connectivity index (χ1n) is 6.98. The summed E-state index contributed by atoms with van der Waals surface area (Å²) in [6.45, 7) is 3.79. The smallest absolute Gasteiger partial charge is 0.138 e. The predicted molar refractivity (Wildman–Crippen MR) is 85.4 cm³/mol. The maximum Gasteiger partial charge on any atom is 0.138 e. The van der Waals surface area contributed by atoms with Gasteiger partial charge in [-0.3, -0.25) is 0 Å². The normalized spacial score (nSPS) is 10.7. The highest BCUT2D eigenvalue weighted by molar-refractivity contribution is 6.32. The number of methoxy groups -OCH3 is 1. The zero-order valence-electron chi connectivity index (χ0n) is 12.2. The SMILES string of the molecule is CCCNCc1ccc(F)c(-c2ccc(Cl)c(OC)c2)c1. The van der Waals surface area contributed by atoms with Gasteiger partial charge in [0.25, 0.3) is 0 Å². The molecule has 0 radical (unpaired) electrons. The van der Waals surface area contributed by atoms with Crippen LogP contribution in [0.5, 0.6) is 5.75 Å². The number of benzene rings is 2. The molecule has 0 aliphatic heterocycles. The number of ether oxygens (including phenoxy) is 1. The van der Waals surface area contributed by atoms with Crippen LogP contribution in [0.3, 0.4) is 0 Å². The topological polar surface area (TPSA) is 21.3 Å². The summed E-state index contributed by atoms with van der Waals surface area (Å²) in [5.74, 6) is 0.293. The van der Waals surface area contributed by atoms with Crippen LogP contribution in [0.2, 0.25) is 5.02 Å². The molecule has 0 heterocycles. The zero-order chi connectivity index (χ0) is 15.2. The molecular formula is C17H19ClFNO. The number of hydrogen-bond acceptors (Lipinski definition) is 2. The van der Waals surface area contributed by atoms with E-state index in [1.165, 1.54) is 6.07 Å². The summed E-state index contributed by atoms with van der Waals surface area (Å²) in [5, 5.41) is 3.83. The molecule has 0 aliphatic rings. The molecule has 2 aromatic rings. The van der Waals surface area contributed by atoms with E-state index in [4.69, 9.17) is 16.3 Å². The van der Waals surface area contributed by atoms with Gasteiger partial charge < -0.3 is 10.1 Å². The quantitative estimate of drug-likeness (QED) is 0.784. The molecule has 0 unspecified atom stereocenters. The third kappa shape index (κ3) is 3.96. The van der Waals surface area contributed by atoms with Crippen molar-refractivity contribution in [1.82, 2.24) is 5.32 Å². The van der Waals surface area contributed by atoms with E-state index in [-0.39, 0.29) is 5.82 Å². The van der Waals surface area contributed by atoms with Gasteiger partial charge in [-0.1, -0.05) is 30.7 Å². The van der Waals surface area contributed by atoms with Crippen molar-refractivity contribution >= 4 is 11.6 Å². The molecule has 0 amide bonds. The molecule has 0 saturated carbocycles. The van der Waals surface area contributed by atoms with Crippen LogP contribution in [0.4, 0.5) is 4.39 Å². The van der Waals surface area contributed by atoms with E-state index in [0.717, 1.165) is 30.6 Å². The summed E-state index contributed by atoms with van der Waals surface area (Å²) < 4.78 is 19.3. The number of hydrogen-bond donors (Lipinski definition) is 1. The summed E-state index contributed by atoms with van der Waals surface area (Å²) in [6.07, 6.45) is 1.07. The fourth-order valence-electron chi connectivity index (χ4n) is 2.14. The lowest BCUT2D eigenvalue weighted by Gasteiger charge is -2.10. The van der Waals surface area contributed by atoms with Crippen LogP contribution in [0, 0.1) is 5.82 Å². The van der Waals surface area contributed by atoms with Crippen LogP contribution in [-0.4, -0.2) is 13.7 Å². The van der Waals surface area contributed by atoms with Crippen molar-refractivity contribution in [2.24, 2.45) is 0 Å². The van der Waals surface area contributed by atoms with E-state index in [1.807, 2.05) is 6.07 Å². The van der Waals surface area contributed by atoms with E-state index < -0.39 is 0 Å². The largest absolute Gasteiger partial charge is 0.495 e. The van der Waals surface area contributed by atoms with E-state index >= 15 is 0 Å². The first kappa shape index (κ1) is 15.8. The number of nitrogens with one attached hydrogen (secondary N) is 1. The van der Waals surface area contributed by atoms with Crippen LogP contribution in [0.15, 0.2) is 36.4 Å². The molecule has 0 aliphatic carbocycles. The van der Waals surface area contributed by atoms with Gasteiger partial charge in [0.1, 0.15) is 11.6 Å². The molecule has 2 aromatic carbocycles. The molecule has 0 bridgehead atoms. The predicted octanol–water partition coefficient (Wildman–Crippen LogP) is 4.65. The molecule has 0 spiro atoms. The number of halogens is 2. The summed E-state index contributed by atoms with van der Waals surface area (Å²) in [5.41, 5.74) is 2.36. The second kappa shape index (κ2) is 7.43. The van der Waals surface area contributed by atoms with Crippen molar-refractivity contribution in [3.05, 3.63) is 52.8 Å². The lowest BCUT2D eigenvalue weighted by atomic mass is 10.0. The minimum atomic E-state index is -0.251. The second-order valence-corrected chi connectivity index (χ2v) is 5.25. The highest BCUT2D eigenvalue weighted by Gasteiger charge is 2.09. The van der Waals surface area contributed by atoms with E-state index in [2.05, 4.69) is 12.2 Å². The molecule has 0 atom stereocenters. The van der Waals surface area contributed by atoms with Gasteiger partial charge in [-0.05, 0) is 48.4 Å². The minimum absolute atomic E-state index is 0.251. The van der Waals surface area contributed by atoms with Crippen molar-refractivity contribution in [3.63, 3.8) is 0 Å². The van der Waals surface area contributed by atoms with Gasteiger partial charge in [0.2, 0.25) is 0 Å². The van der Waals surface area contributed by atoms with E-state index in [1.54, 1.807) is 31.4 Å². The lowest BCUT2D eigenvalue weighted by Crippen LogP contribution is -2.13. The molecule has 4 heteroatoms. The maximum absolute atomic E-state index is 14.1. The summed E-state index contributed by atoms with van der Waals surface area (Å²) in [6, 6.07) is 10.4. The Morgan fingerprint density at radius 2 is 2.00 bits per heavy atom. The van der Waals surface area contributed by atoms with Crippen molar-refractivity contribution in [3.8, 4) is 16.9 Å². The Morgan fingerprint density at radius 3 is 2.71 bits per heavy atom. The molecule has 1 N–H and O–H groups in total. The summed E-state index contributed by atoms with van der Waals surface area (Å²) in [7, 11) is 1.55. The first-order chi connectivity index (χ1) is 10.2. The van der Waals surface area contributed by atoms with Gasteiger partial charge in [-0.15, -0.1) is 0 Å². The Hall–Kier alpha value is -1.58. The Morgan fingerprint density at radius 1 is 1.19 bits per heavy atom. The monoisotopic (exact) mass is 307 g/mol. The molecule has 0 aromatic heterocycles. The zero-order valence-corrected chi connectivity index (χ0v) is 13.0. The summed E-state index contributed by atoms with van der Waals surface area (Å²) in [4.78, 5) is 0. The van der Waals surface area contributed by atoms with Crippen molar-refractivity contribution < 1.29 is 9.13 Å². The third-order valence-electron chi connectivity index (χ3n) is 3.25. The Kier molecular flexibility index (Phi) is 5.59. The number of rotatable bonds is 6. The lowest BCUT2D eigenvalue weighted by molar-refractivity contribution is 0.415. The second-order valence-electron chi connectivity index (χ2n) is 4.84. The van der Waals surface area contributed by atoms with Gasteiger partial charge in [0.15, 0.2) is 0 Å². The van der Waals surface area contributed by atoms with Crippen LogP contribution >= 0.6 is 11.6 Å². The maximum atomic E-state index is 14.1. The van der Waals surface area contributed by atoms with Gasteiger partial charge in [0.05, 0.1) is 12.1 Å². The highest BCUT2D eigenvalue weighted by atomic mass is 35.5. The van der Waals surface area contributed by atoms with E-state index in [0.29, 0.717) is 16.3 Å². The Balaban J connectivity index is 2.31. The van der Waals surface area contributed by atoms with Crippen LogP contribution in [0.25, 0.3) is 11.1 Å². The molecule has 21 heavy (non-hydrogen) atoms. The van der Waals surface area contributed by atoms with Gasteiger partial charge in [-0.2, -0.15) is 0 Å². The Bertz CT molecular complexity index is 616. The molecule has 0 fully saturated rings. The standard InChI is InChI=1S/C17H19ClFNO/c1-3-8-20-11-12-4-7-16(19)14(9-12)13-5-6-15(18)17(10-13)21-2/h4-7,9-10,20H,3,8,11H2,1-2H3. The molecule has 112 valence electrons. The average molecular weight is 308 g/mol. The Labute approximate surface area is 129 Å². The molecule has 2 rings (SSSR count). The third-order valence-corrected chi connectivity index (χ3v) is 3.56. The average Bonchev–Trinajstić information content (AvgIpc) is 2.50. The fraction of sp³-hybridized carbons (Fsp3) is 0.294. The van der Waals surface area contributed by atoms with Crippen LogP contribution < -0.4 is 10.1 Å². The van der Waals surface area contributed by atoms with Gasteiger partial charge in [0, 0.05) is 12.1 Å². The van der Waals surface area contributed by atoms with Crippen molar-refractivity contribution in [2.75, 3.05) is 13.7 Å². The van der Waals surface area contributed by atoms with Gasteiger partial charge in [-0.25, -0.2) is 4.39 Å². The fourth-order valence-corrected chi connectivity index (χ4v) is 2.34. The molecule has 0 saturated heterocycles. The van der Waals surface area contributed by atoms with Crippen LogP contribution in [0.1, 0.15) is 18.9 Å². The first-order valence-corrected chi connectivity index (χ1v) is 7.36. The van der Waals surface area contributed by atoms with E-state index in [9.17, 15) is 4.39 Å². The molecular weight excluding hydrogens is 289 g/mol. The van der Waals surface area contributed by atoms with Crippen molar-refractivity contribution in [2.45, 2.75) is 19.9 Å². The minimum Gasteiger partial charge on any atom is -0.495 e. The van der Waals surface area contributed by atoms with Crippen molar-refractivity contribution in [1.29, 1.82) is 0 Å². The van der Waals surface area contributed by atoms with Crippen LogP contribution in [-0.2, 0) is 6.54 Å². The van der Waals surface area contributed by atoms with Gasteiger partial charge >= 0.3 is 0 Å². The molecule has 2 nitrogen and oxygen atoms in total.